The Morgan fingerprint density at radius 2 is 2.03 bits per heavy atom. The Kier molecular flexibility index (Phi) is 6.33. The number of hydrazine groups is 1. The van der Waals surface area contributed by atoms with Crippen molar-refractivity contribution in [3.05, 3.63) is 42.4 Å². The number of alkyl halides is 2. The first-order chi connectivity index (χ1) is 17.6. The lowest BCUT2D eigenvalue weighted by molar-refractivity contribution is -0.0551. The van der Waals surface area contributed by atoms with Gasteiger partial charge in [0.1, 0.15) is 17.5 Å². The number of fused-ring (bicyclic) bond motifs is 3. The Hall–Kier alpha value is -3.98. The summed E-state index contributed by atoms with van der Waals surface area (Å²) in [7, 11) is 0. The number of halogens is 2. The largest absolute Gasteiger partial charge is 0.443 e. The summed E-state index contributed by atoms with van der Waals surface area (Å²) < 4.78 is 32.4. The van der Waals surface area contributed by atoms with E-state index < -0.39 is 24.7 Å². The minimum absolute atomic E-state index is 0.162. The molecule has 3 aliphatic heterocycles. The number of carbonyl (C=O) groups is 1. The Bertz CT molecular complexity index is 1330. The number of ether oxygens (including phenoxy) is 1. The second-order valence-electron chi connectivity index (χ2n) is 10.3. The first-order valence-corrected chi connectivity index (χ1v) is 12.0. The number of piperazine rings is 1. The SMILES string of the molecule is CC(C)(C)OC(=O)NN1C2CC1CN(c1ccc(-c3cc(NCC(F)F)cn4ncc(C#N)c34)cn1)C2. The molecule has 0 aromatic carbocycles. The quantitative estimate of drug-likeness (QED) is 0.517. The zero-order valence-corrected chi connectivity index (χ0v) is 20.8. The van der Waals surface area contributed by atoms with Gasteiger partial charge in [-0.15, -0.1) is 0 Å². The Morgan fingerprint density at radius 3 is 2.65 bits per heavy atom. The highest BCUT2D eigenvalue weighted by molar-refractivity contribution is 5.86. The van der Waals surface area contributed by atoms with Gasteiger partial charge < -0.3 is 15.0 Å². The van der Waals surface area contributed by atoms with Crippen LogP contribution in [0, 0.1) is 11.3 Å². The van der Waals surface area contributed by atoms with E-state index >= 15 is 0 Å². The van der Waals surface area contributed by atoms with Crippen molar-refractivity contribution in [1.82, 2.24) is 25.0 Å². The van der Waals surface area contributed by atoms with E-state index in [1.54, 1.807) is 18.5 Å². The number of amides is 1. The van der Waals surface area contributed by atoms with E-state index in [4.69, 9.17) is 4.74 Å². The van der Waals surface area contributed by atoms with Gasteiger partial charge in [-0.05, 0) is 45.4 Å². The third-order valence-electron chi connectivity index (χ3n) is 6.39. The van der Waals surface area contributed by atoms with Gasteiger partial charge in [0.25, 0.3) is 6.43 Å². The van der Waals surface area contributed by atoms with Crippen LogP contribution in [0.25, 0.3) is 16.6 Å². The maximum Gasteiger partial charge on any atom is 0.422 e. The second kappa shape index (κ2) is 9.48. The second-order valence-corrected chi connectivity index (χ2v) is 10.3. The normalized spacial score (nSPS) is 19.4. The first-order valence-electron chi connectivity index (χ1n) is 12.0. The van der Waals surface area contributed by atoms with E-state index in [1.807, 2.05) is 37.9 Å². The number of pyridine rings is 2. The molecule has 0 saturated carbocycles. The van der Waals surface area contributed by atoms with Crippen molar-refractivity contribution in [2.45, 2.75) is 51.3 Å². The number of nitrogens with zero attached hydrogens (tertiary/aromatic N) is 6. The summed E-state index contributed by atoms with van der Waals surface area (Å²) in [5, 5.41) is 18.4. The zero-order chi connectivity index (χ0) is 26.3. The van der Waals surface area contributed by atoms with Gasteiger partial charge in [-0.2, -0.15) is 10.4 Å². The summed E-state index contributed by atoms with van der Waals surface area (Å²) in [4.78, 5) is 19.0. The average Bonchev–Trinajstić information content (AvgIpc) is 3.28. The number of carbonyl (C=O) groups excluding carboxylic acids is 1. The molecule has 0 aliphatic carbocycles. The van der Waals surface area contributed by atoms with Crippen LogP contribution in [0.15, 0.2) is 36.8 Å². The molecule has 37 heavy (non-hydrogen) atoms. The molecule has 2 bridgehead atoms. The summed E-state index contributed by atoms with van der Waals surface area (Å²) in [5.74, 6) is 0.799. The summed E-state index contributed by atoms with van der Waals surface area (Å²) >= 11 is 0. The van der Waals surface area contributed by atoms with Crippen LogP contribution >= 0.6 is 0 Å². The maximum absolute atomic E-state index is 12.7. The molecule has 10 nitrogen and oxygen atoms in total. The molecule has 6 rings (SSSR count). The highest BCUT2D eigenvalue weighted by atomic mass is 19.3. The lowest BCUT2D eigenvalue weighted by Gasteiger charge is -2.55. The number of nitriles is 1. The number of rotatable bonds is 6. The molecule has 2 N–H and O–H groups in total. The Labute approximate surface area is 212 Å². The van der Waals surface area contributed by atoms with Crippen molar-refractivity contribution in [3.63, 3.8) is 0 Å². The van der Waals surface area contributed by atoms with Crippen LogP contribution in [0.2, 0.25) is 0 Å². The maximum atomic E-state index is 12.7. The van der Waals surface area contributed by atoms with Gasteiger partial charge in [0.15, 0.2) is 0 Å². The van der Waals surface area contributed by atoms with Crippen LogP contribution in [0.1, 0.15) is 32.8 Å². The van der Waals surface area contributed by atoms with Gasteiger partial charge in [-0.3, -0.25) is 5.43 Å². The fourth-order valence-electron chi connectivity index (χ4n) is 4.83. The molecule has 2 atom stereocenters. The molecule has 0 radical (unpaired) electrons. The number of nitrogens with one attached hydrogen (secondary N) is 2. The highest BCUT2D eigenvalue weighted by Gasteiger charge is 2.46. The van der Waals surface area contributed by atoms with E-state index in [2.05, 4.69) is 31.8 Å². The lowest BCUT2D eigenvalue weighted by atomic mass is 9.90. The van der Waals surface area contributed by atoms with E-state index in [1.165, 1.54) is 10.7 Å². The predicted molar refractivity (Wildman–Crippen MR) is 133 cm³/mol. The van der Waals surface area contributed by atoms with Gasteiger partial charge in [-0.1, -0.05) is 0 Å². The number of aromatic nitrogens is 3. The molecule has 194 valence electrons. The standard InChI is InChI=1S/C25H28F2N8O2/c1-25(2,3)37-24(36)32-35-18-7-19(35)14-33(13-18)22-5-4-15(9-30-22)20-6-17(29-11-21(26)27)12-34-23(20)16(8-28)10-31-34/h4-6,9-10,12,18-19,21,29H,7,11,13-14H2,1-3H3,(H,32,36). The van der Waals surface area contributed by atoms with Crippen LogP contribution in [-0.2, 0) is 4.74 Å². The summed E-state index contributed by atoms with van der Waals surface area (Å²) in [5.41, 5.74) is 5.14. The minimum Gasteiger partial charge on any atom is -0.443 e. The van der Waals surface area contributed by atoms with Crippen LogP contribution in [0.5, 0.6) is 0 Å². The van der Waals surface area contributed by atoms with E-state index in [0.717, 1.165) is 17.8 Å². The average molecular weight is 511 g/mol. The number of piperidine rings is 1. The van der Waals surface area contributed by atoms with Crippen molar-refractivity contribution >= 4 is 23.1 Å². The molecule has 3 aromatic heterocycles. The molecule has 1 amide bonds. The van der Waals surface area contributed by atoms with Gasteiger partial charge >= 0.3 is 6.09 Å². The van der Waals surface area contributed by atoms with Crippen molar-refractivity contribution in [2.24, 2.45) is 0 Å². The molecule has 2 unspecified atom stereocenters. The Balaban J connectivity index is 1.32. The summed E-state index contributed by atoms with van der Waals surface area (Å²) in [6, 6.07) is 8.00. The van der Waals surface area contributed by atoms with Crippen molar-refractivity contribution < 1.29 is 18.3 Å². The fraction of sp³-hybridized carbons (Fsp3) is 0.440. The molecule has 6 heterocycles. The van der Waals surface area contributed by atoms with Gasteiger partial charge in [0, 0.05) is 42.5 Å². The Morgan fingerprint density at radius 1 is 1.27 bits per heavy atom. The van der Waals surface area contributed by atoms with E-state index in [9.17, 15) is 18.8 Å². The molecule has 3 aliphatic rings. The fourth-order valence-corrected chi connectivity index (χ4v) is 4.83. The third-order valence-corrected chi connectivity index (χ3v) is 6.39. The molecule has 3 saturated heterocycles. The number of anilines is 2. The van der Waals surface area contributed by atoms with Crippen LogP contribution in [-0.4, -0.2) is 69.4 Å². The third kappa shape index (κ3) is 5.13. The number of hydrogen-bond donors (Lipinski definition) is 2. The van der Waals surface area contributed by atoms with Crippen molar-refractivity contribution in [2.75, 3.05) is 29.9 Å². The zero-order valence-electron chi connectivity index (χ0n) is 20.8. The topological polar surface area (TPSA) is 111 Å². The first kappa shape index (κ1) is 24.7. The predicted octanol–water partition coefficient (Wildman–Crippen LogP) is 3.65. The highest BCUT2D eigenvalue weighted by Crippen LogP contribution is 2.34. The van der Waals surface area contributed by atoms with Gasteiger partial charge in [0.05, 0.1) is 35.7 Å². The minimum atomic E-state index is -2.50. The smallest absolute Gasteiger partial charge is 0.422 e. The van der Waals surface area contributed by atoms with E-state index in [0.29, 0.717) is 35.4 Å². The van der Waals surface area contributed by atoms with Crippen LogP contribution in [0.3, 0.4) is 0 Å². The summed E-state index contributed by atoms with van der Waals surface area (Å²) in [6.45, 7) is 6.40. The molecular formula is C25H28F2N8O2. The van der Waals surface area contributed by atoms with Crippen LogP contribution < -0.4 is 15.6 Å². The molecule has 3 aromatic rings. The van der Waals surface area contributed by atoms with Gasteiger partial charge in [0.2, 0.25) is 0 Å². The van der Waals surface area contributed by atoms with Crippen molar-refractivity contribution in [1.29, 1.82) is 5.26 Å². The molecule has 3 fully saturated rings. The van der Waals surface area contributed by atoms with Crippen LogP contribution in [0.4, 0.5) is 25.1 Å². The van der Waals surface area contributed by atoms with E-state index in [-0.39, 0.29) is 12.1 Å². The molecular weight excluding hydrogens is 482 g/mol. The molecule has 0 spiro atoms. The van der Waals surface area contributed by atoms with Gasteiger partial charge in [-0.25, -0.2) is 28.1 Å². The summed E-state index contributed by atoms with van der Waals surface area (Å²) in [6.07, 6.45) is 2.78. The lowest BCUT2D eigenvalue weighted by Crippen LogP contribution is -2.73. The molecule has 12 heteroatoms. The monoisotopic (exact) mass is 510 g/mol. The number of hydrogen-bond acceptors (Lipinski definition) is 8. The van der Waals surface area contributed by atoms with Crippen molar-refractivity contribution in [3.8, 4) is 17.2 Å².